The van der Waals surface area contributed by atoms with Gasteiger partial charge in [0.05, 0.1) is 6.54 Å². The van der Waals surface area contributed by atoms with Crippen LogP contribution in [0.3, 0.4) is 0 Å². The Bertz CT molecular complexity index is 196. The molecule has 1 saturated carbocycles. The summed E-state index contributed by atoms with van der Waals surface area (Å²) in [5.74, 6) is 1.16. The molecule has 1 aliphatic carbocycles. The fourth-order valence-electron chi connectivity index (χ4n) is 2.04. The first-order valence-electron chi connectivity index (χ1n) is 5.06. The molecule has 2 unspecified atom stereocenters. The third-order valence-electron chi connectivity index (χ3n) is 2.89. The van der Waals surface area contributed by atoms with Crippen LogP contribution in [0, 0.1) is 11.8 Å². The molecule has 0 saturated heterocycles. The van der Waals surface area contributed by atoms with Crippen LogP contribution in [0.1, 0.15) is 19.3 Å². The Morgan fingerprint density at radius 1 is 1.43 bits per heavy atom. The first-order valence-corrected chi connectivity index (χ1v) is 5.06. The van der Waals surface area contributed by atoms with E-state index in [0.29, 0.717) is 18.4 Å². The summed E-state index contributed by atoms with van der Waals surface area (Å²) in [5, 5.41) is 23.4. The van der Waals surface area contributed by atoms with E-state index >= 15 is 0 Å². The molecule has 0 amide bonds. The van der Waals surface area contributed by atoms with Crippen LogP contribution in [0.4, 0.5) is 0 Å². The van der Waals surface area contributed by atoms with Crippen molar-refractivity contribution in [3.63, 3.8) is 0 Å². The molecule has 5 heteroatoms. The van der Waals surface area contributed by atoms with Gasteiger partial charge in [0.2, 0.25) is 0 Å². The standard InChI is InChI=1S/C9H19N3O2/c10-9(12-14)5-11-4-7-2-1-3-8(7)6-13/h7-8,11,13-14H,1-6H2,(H2,10,12). The molecule has 14 heavy (non-hydrogen) atoms. The van der Waals surface area contributed by atoms with Gasteiger partial charge in [-0.1, -0.05) is 11.6 Å². The van der Waals surface area contributed by atoms with Crippen molar-refractivity contribution in [1.29, 1.82) is 0 Å². The lowest BCUT2D eigenvalue weighted by Crippen LogP contribution is -2.34. The SMILES string of the molecule is NC(CNCC1CCCC1CO)=NO. The summed E-state index contributed by atoms with van der Waals surface area (Å²) in [6.45, 7) is 1.52. The minimum Gasteiger partial charge on any atom is -0.409 e. The molecule has 5 nitrogen and oxygen atoms in total. The van der Waals surface area contributed by atoms with Crippen molar-refractivity contribution in [2.24, 2.45) is 22.7 Å². The fraction of sp³-hybridized carbons (Fsp3) is 0.889. The summed E-state index contributed by atoms with van der Waals surface area (Å²) in [7, 11) is 0. The second-order valence-corrected chi connectivity index (χ2v) is 3.86. The zero-order valence-corrected chi connectivity index (χ0v) is 8.32. The molecule has 5 N–H and O–H groups in total. The average Bonchev–Trinajstić information content (AvgIpc) is 2.65. The molecule has 0 aromatic carbocycles. The van der Waals surface area contributed by atoms with Gasteiger partial charge in [-0.2, -0.15) is 0 Å². The molecule has 0 spiro atoms. The molecule has 0 radical (unpaired) electrons. The zero-order valence-electron chi connectivity index (χ0n) is 8.32. The predicted molar refractivity (Wildman–Crippen MR) is 54.2 cm³/mol. The highest BCUT2D eigenvalue weighted by molar-refractivity contribution is 5.81. The Hall–Kier alpha value is -0.810. The van der Waals surface area contributed by atoms with Gasteiger partial charge in [0.15, 0.2) is 5.84 Å². The summed E-state index contributed by atoms with van der Waals surface area (Å²) in [6, 6.07) is 0. The molecule has 0 aromatic rings. The van der Waals surface area contributed by atoms with E-state index in [9.17, 15) is 0 Å². The van der Waals surface area contributed by atoms with Crippen LogP contribution in [-0.2, 0) is 0 Å². The van der Waals surface area contributed by atoms with Crippen LogP contribution >= 0.6 is 0 Å². The first kappa shape index (κ1) is 11.3. The van der Waals surface area contributed by atoms with E-state index in [1.54, 1.807) is 0 Å². The maximum Gasteiger partial charge on any atom is 0.153 e. The summed E-state index contributed by atoms with van der Waals surface area (Å²) >= 11 is 0. The minimum atomic E-state index is 0.198. The third kappa shape index (κ3) is 3.16. The van der Waals surface area contributed by atoms with E-state index in [1.165, 1.54) is 6.42 Å². The highest BCUT2D eigenvalue weighted by Gasteiger charge is 2.25. The Labute approximate surface area is 84.0 Å². The lowest BCUT2D eigenvalue weighted by Gasteiger charge is -2.17. The smallest absolute Gasteiger partial charge is 0.153 e. The van der Waals surface area contributed by atoms with Gasteiger partial charge < -0.3 is 21.4 Å². The minimum absolute atomic E-state index is 0.198. The Morgan fingerprint density at radius 3 is 2.79 bits per heavy atom. The molecule has 0 aliphatic heterocycles. The number of hydrogen-bond acceptors (Lipinski definition) is 4. The second kappa shape index (κ2) is 5.82. The maximum absolute atomic E-state index is 9.07. The van der Waals surface area contributed by atoms with Gasteiger partial charge in [-0.25, -0.2) is 0 Å². The van der Waals surface area contributed by atoms with Gasteiger partial charge in [-0.15, -0.1) is 0 Å². The second-order valence-electron chi connectivity index (χ2n) is 3.86. The van der Waals surface area contributed by atoms with Crippen molar-refractivity contribution < 1.29 is 10.3 Å². The highest BCUT2D eigenvalue weighted by Crippen LogP contribution is 2.30. The van der Waals surface area contributed by atoms with E-state index in [1.807, 2.05) is 0 Å². The Morgan fingerprint density at radius 2 is 2.14 bits per heavy atom. The number of nitrogens with zero attached hydrogens (tertiary/aromatic N) is 1. The van der Waals surface area contributed by atoms with Crippen LogP contribution in [0.2, 0.25) is 0 Å². The van der Waals surface area contributed by atoms with E-state index in [0.717, 1.165) is 19.4 Å². The summed E-state index contributed by atoms with van der Waals surface area (Å²) in [5.41, 5.74) is 5.31. The van der Waals surface area contributed by atoms with E-state index in [2.05, 4.69) is 10.5 Å². The molecule has 2 atom stereocenters. The normalized spacial score (nSPS) is 28.2. The van der Waals surface area contributed by atoms with Crippen molar-refractivity contribution in [3.8, 4) is 0 Å². The summed E-state index contributed by atoms with van der Waals surface area (Å²) in [4.78, 5) is 0. The third-order valence-corrected chi connectivity index (χ3v) is 2.89. The van der Waals surface area contributed by atoms with Crippen LogP contribution in [0.15, 0.2) is 5.16 Å². The quantitative estimate of drug-likeness (QED) is 0.213. The van der Waals surface area contributed by atoms with Gasteiger partial charge in [0.1, 0.15) is 0 Å². The van der Waals surface area contributed by atoms with Crippen molar-refractivity contribution in [1.82, 2.24) is 5.32 Å². The zero-order chi connectivity index (χ0) is 10.4. The van der Waals surface area contributed by atoms with Crippen LogP contribution in [-0.4, -0.2) is 35.8 Å². The number of amidine groups is 1. The first-order chi connectivity index (χ1) is 6.77. The highest BCUT2D eigenvalue weighted by atomic mass is 16.4. The van der Waals surface area contributed by atoms with Crippen molar-refractivity contribution in [3.05, 3.63) is 0 Å². The van der Waals surface area contributed by atoms with Gasteiger partial charge in [0.25, 0.3) is 0 Å². The maximum atomic E-state index is 9.07. The largest absolute Gasteiger partial charge is 0.409 e. The topological polar surface area (TPSA) is 90.9 Å². The number of aliphatic hydroxyl groups is 1. The number of oxime groups is 1. The monoisotopic (exact) mass is 201 g/mol. The number of nitrogens with two attached hydrogens (primary N) is 1. The Kier molecular flexibility index (Phi) is 4.69. The lowest BCUT2D eigenvalue weighted by atomic mass is 9.97. The molecule has 0 aromatic heterocycles. The molecule has 1 fully saturated rings. The van der Waals surface area contributed by atoms with Gasteiger partial charge in [0, 0.05) is 6.61 Å². The molecule has 0 heterocycles. The summed E-state index contributed by atoms with van der Waals surface area (Å²) < 4.78 is 0. The van der Waals surface area contributed by atoms with E-state index in [-0.39, 0.29) is 12.4 Å². The lowest BCUT2D eigenvalue weighted by molar-refractivity contribution is 0.193. The number of aliphatic hydroxyl groups excluding tert-OH is 1. The molecule has 0 bridgehead atoms. The van der Waals surface area contributed by atoms with Crippen LogP contribution < -0.4 is 11.1 Å². The average molecular weight is 201 g/mol. The molecular formula is C9H19N3O2. The fourth-order valence-corrected chi connectivity index (χ4v) is 2.04. The van der Waals surface area contributed by atoms with Gasteiger partial charge >= 0.3 is 0 Å². The van der Waals surface area contributed by atoms with E-state index in [4.69, 9.17) is 16.0 Å². The van der Waals surface area contributed by atoms with E-state index < -0.39 is 0 Å². The van der Waals surface area contributed by atoms with Gasteiger partial charge in [-0.05, 0) is 31.2 Å². The Balaban J connectivity index is 2.17. The number of rotatable bonds is 5. The number of hydrogen-bond donors (Lipinski definition) is 4. The van der Waals surface area contributed by atoms with Crippen molar-refractivity contribution >= 4 is 5.84 Å². The molecule has 1 aliphatic rings. The van der Waals surface area contributed by atoms with Crippen LogP contribution in [0.25, 0.3) is 0 Å². The van der Waals surface area contributed by atoms with Gasteiger partial charge in [-0.3, -0.25) is 0 Å². The molecule has 82 valence electrons. The molecular weight excluding hydrogens is 182 g/mol. The van der Waals surface area contributed by atoms with Crippen LogP contribution in [0.5, 0.6) is 0 Å². The predicted octanol–water partition coefficient (Wildman–Crippen LogP) is -0.269. The van der Waals surface area contributed by atoms with Crippen molar-refractivity contribution in [2.75, 3.05) is 19.7 Å². The number of nitrogens with one attached hydrogen (secondary N) is 1. The molecule has 1 rings (SSSR count). The summed E-state index contributed by atoms with van der Waals surface area (Å²) in [6.07, 6.45) is 3.47. The van der Waals surface area contributed by atoms with Crippen molar-refractivity contribution in [2.45, 2.75) is 19.3 Å².